The van der Waals surface area contributed by atoms with Crippen LogP contribution in [0.5, 0.6) is 0 Å². The summed E-state index contributed by atoms with van der Waals surface area (Å²) in [6.45, 7) is 1.82. The molecule has 1 aliphatic carbocycles. The summed E-state index contributed by atoms with van der Waals surface area (Å²) in [5.74, 6) is 1.65. The number of likely N-dealkylation sites (N-methyl/N-ethyl adjacent to an activating group) is 1. The highest BCUT2D eigenvalue weighted by Crippen LogP contribution is 2.44. The molecule has 2 aliphatic rings. The first kappa shape index (κ1) is 17.9. The van der Waals surface area contributed by atoms with Crippen molar-refractivity contribution in [3.8, 4) is 0 Å². The third-order valence-electron chi connectivity index (χ3n) is 5.45. The molecule has 140 valence electrons. The van der Waals surface area contributed by atoms with Crippen LogP contribution in [-0.2, 0) is 19.1 Å². The molecule has 0 saturated heterocycles. The van der Waals surface area contributed by atoms with E-state index in [1.807, 2.05) is 0 Å². The average Bonchev–Trinajstić information content (AvgIpc) is 3.38. The Kier molecular flexibility index (Phi) is 4.51. The van der Waals surface area contributed by atoms with Gasteiger partial charge in [-0.1, -0.05) is 23.7 Å². The number of aryl methyl sites for hydroxylation is 1. The van der Waals surface area contributed by atoms with Crippen molar-refractivity contribution in [2.75, 3.05) is 13.6 Å². The number of rotatable bonds is 4. The molecular weight excluding hydrogens is 363 g/mol. The number of hydrogen-bond acceptors (Lipinski definition) is 2. The lowest BCUT2D eigenvalue weighted by Crippen LogP contribution is -2.36. The molecule has 2 heterocycles. The van der Waals surface area contributed by atoms with Crippen molar-refractivity contribution in [1.82, 2.24) is 14.5 Å². The smallest absolute Gasteiger partial charge is 0.328 e. The third kappa shape index (κ3) is 3.37. The van der Waals surface area contributed by atoms with E-state index in [2.05, 4.69) is 21.5 Å². The van der Waals surface area contributed by atoms with E-state index in [1.165, 1.54) is 12.8 Å². The lowest BCUT2D eigenvalue weighted by Gasteiger charge is -2.34. The summed E-state index contributed by atoms with van der Waals surface area (Å²) >= 11 is 6.46. The fourth-order valence-electron chi connectivity index (χ4n) is 3.80. The maximum Gasteiger partial charge on any atom is 0.416 e. The van der Waals surface area contributed by atoms with Crippen LogP contribution in [0.15, 0.2) is 24.3 Å². The Bertz CT molecular complexity index is 794. The van der Waals surface area contributed by atoms with E-state index in [9.17, 15) is 13.2 Å². The Morgan fingerprint density at radius 2 is 1.85 bits per heavy atom. The average molecular weight is 384 g/mol. The maximum absolute atomic E-state index is 12.7. The monoisotopic (exact) mass is 383 g/mol. The topological polar surface area (TPSA) is 21.1 Å². The van der Waals surface area contributed by atoms with Gasteiger partial charge in [0.2, 0.25) is 0 Å². The third-order valence-corrected chi connectivity index (χ3v) is 5.72. The van der Waals surface area contributed by atoms with Crippen LogP contribution in [0, 0.1) is 0 Å². The highest BCUT2D eigenvalue weighted by atomic mass is 35.5. The van der Waals surface area contributed by atoms with Crippen molar-refractivity contribution in [3.05, 3.63) is 52.1 Å². The fourth-order valence-corrected chi connectivity index (χ4v) is 4.12. The van der Waals surface area contributed by atoms with Crippen molar-refractivity contribution < 1.29 is 13.2 Å². The Morgan fingerprint density at radius 3 is 2.46 bits per heavy atom. The molecule has 0 amide bonds. The minimum Gasteiger partial charge on any atom is -0.328 e. The molecule has 0 bridgehead atoms. The Morgan fingerprint density at radius 1 is 1.15 bits per heavy atom. The van der Waals surface area contributed by atoms with E-state index in [0.29, 0.717) is 17.5 Å². The summed E-state index contributed by atoms with van der Waals surface area (Å²) in [7, 11) is 2.07. The first-order valence-electron chi connectivity index (χ1n) is 8.97. The molecule has 2 aromatic rings. The molecule has 4 rings (SSSR count). The Labute approximate surface area is 155 Å². The maximum atomic E-state index is 12.7. The number of alkyl halides is 3. The van der Waals surface area contributed by atoms with Gasteiger partial charge in [-0.05, 0) is 50.4 Å². The van der Waals surface area contributed by atoms with Crippen LogP contribution in [0.2, 0.25) is 5.15 Å². The van der Waals surface area contributed by atoms with Gasteiger partial charge in [0.25, 0.3) is 0 Å². The van der Waals surface area contributed by atoms with Gasteiger partial charge < -0.3 is 4.57 Å². The first-order valence-corrected chi connectivity index (χ1v) is 9.34. The summed E-state index contributed by atoms with van der Waals surface area (Å²) in [6.07, 6.45) is -0.427. The Balaban J connectivity index is 1.52. The molecule has 1 unspecified atom stereocenters. The minimum absolute atomic E-state index is 0.138. The predicted octanol–water partition coefficient (Wildman–Crippen LogP) is 5.05. The summed E-state index contributed by atoms with van der Waals surface area (Å²) in [5.41, 5.74) is 1.36. The largest absolute Gasteiger partial charge is 0.416 e. The van der Waals surface area contributed by atoms with Crippen LogP contribution in [0.3, 0.4) is 0 Å². The second-order valence-electron chi connectivity index (χ2n) is 7.30. The van der Waals surface area contributed by atoms with Crippen LogP contribution >= 0.6 is 11.6 Å². The standard InChI is InChI=1S/C19H21ClF3N3/c1-25-10-11-26-16(17(20)24-18(26)13-5-6-13)15(25)9-4-12-2-7-14(8-3-12)19(21,22)23/h2-3,7-8,13,15H,4-6,9-11H2,1H3. The molecule has 1 aliphatic heterocycles. The van der Waals surface area contributed by atoms with Crippen molar-refractivity contribution in [2.45, 2.75) is 50.4 Å². The highest BCUT2D eigenvalue weighted by molar-refractivity contribution is 6.30. The van der Waals surface area contributed by atoms with Gasteiger partial charge in [0.05, 0.1) is 17.3 Å². The first-order chi connectivity index (χ1) is 12.3. The predicted molar refractivity (Wildman–Crippen MR) is 94.3 cm³/mol. The molecule has 1 atom stereocenters. The van der Waals surface area contributed by atoms with Gasteiger partial charge in [0.1, 0.15) is 5.82 Å². The van der Waals surface area contributed by atoms with Gasteiger partial charge in [-0.25, -0.2) is 4.98 Å². The molecule has 7 heteroatoms. The van der Waals surface area contributed by atoms with Gasteiger partial charge in [-0.2, -0.15) is 13.2 Å². The molecule has 0 radical (unpaired) electrons. The van der Waals surface area contributed by atoms with Gasteiger partial charge in [-0.3, -0.25) is 4.90 Å². The lowest BCUT2D eigenvalue weighted by atomic mass is 10.00. The molecule has 1 saturated carbocycles. The van der Waals surface area contributed by atoms with Crippen LogP contribution in [-0.4, -0.2) is 28.0 Å². The van der Waals surface area contributed by atoms with Gasteiger partial charge in [0, 0.05) is 19.0 Å². The quantitative estimate of drug-likeness (QED) is 0.736. The molecule has 26 heavy (non-hydrogen) atoms. The number of halogens is 4. The van der Waals surface area contributed by atoms with Crippen LogP contribution in [0.1, 0.15) is 53.9 Å². The molecule has 1 aromatic heterocycles. The summed E-state index contributed by atoms with van der Waals surface area (Å²) < 4.78 is 40.4. The van der Waals surface area contributed by atoms with Gasteiger partial charge in [0.15, 0.2) is 5.15 Å². The number of fused-ring (bicyclic) bond motifs is 1. The van der Waals surface area contributed by atoms with Gasteiger partial charge >= 0.3 is 6.18 Å². The van der Waals surface area contributed by atoms with E-state index < -0.39 is 11.7 Å². The highest BCUT2D eigenvalue weighted by Gasteiger charge is 2.36. The fraction of sp³-hybridized carbons (Fsp3) is 0.526. The second-order valence-corrected chi connectivity index (χ2v) is 7.66. The zero-order chi connectivity index (χ0) is 18.5. The van der Waals surface area contributed by atoms with Crippen molar-refractivity contribution in [1.29, 1.82) is 0 Å². The van der Waals surface area contributed by atoms with E-state index in [1.54, 1.807) is 12.1 Å². The van der Waals surface area contributed by atoms with E-state index in [0.717, 1.165) is 48.7 Å². The second kappa shape index (κ2) is 6.57. The van der Waals surface area contributed by atoms with E-state index >= 15 is 0 Å². The zero-order valence-corrected chi connectivity index (χ0v) is 15.3. The number of hydrogen-bond donors (Lipinski definition) is 0. The lowest BCUT2D eigenvalue weighted by molar-refractivity contribution is -0.137. The molecule has 0 N–H and O–H groups in total. The van der Waals surface area contributed by atoms with Crippen molar-refractivity contribution >= 4 is 11.6 Å². The zero-order valence-electron chi connectivity index (χ0n) is 14.6. The summed E-state index contributed by atoms with van der Waals surface area (Å²) in [5, 5.41) is 0.580. The van der Waals surface area contributed by atoms with E-state index in [-0.39, 0.29) is 6.04 Å². The number of imidazole rings is 1. The van der Waals surface area contributed by atoms with Crippen LogP contribution in [0.4, 0.5) is 13.2 Å². The summed E-state index contributed by atoms with van der Waals surface area (Å²) in [4.78, 5) is 6.88. The molecular formula is C19H21ClF3N3. The minimum atomic E-state index is -4.29. The molecule has 3 nitrogen and oxygen atoms in total. The van der Waals surface area contributed by atoms with Gasteiger partial charge in [-0.15, -0.1) is 0 Å². The number of aromatic nitrogens is 2. The number of benzene rings is 1. The molecule has 0 spiro atoms. The summed E-state index contributed by atoms with van der Waals surface area (Å²) in [6, 6.07) is 5.59. The van der Waals surface area contributed by atoms with Crippen LogP contribution in [0.25, 0.3) is 0 Å². The van der Waals surface area contributed by atoms with E-state index in [4.69, 9.17) is 11.6 Å². The number of nitrogens with zero attached hydrogens (tertiary/aromatic N) is 3. The van der Waals surface area contributed by atoms with Crippen LogP contribution < -0.4 is 0 Å². The normalized spacial score (nSPS) is 21.0. The Hall–Kier alpha value is -1.53. The SMILES string of the molecule is CN1CCn2c(C3CC3)nc(Cl)c2C1CCc1ccc(C(F)(F)F)cc1. The molecule has 1 aromatic carbocycles. The van der Waals surface area contributed by atoms with Crippen molar-refractivity contribution in [3.63, 3.8) is 0 Å². The molecule has 1 fully saturated rings. The van der Waals surface area contributed by atoms with Crippen molar-refractivity contribution in [2.24, 2.45) is 0 Å².